The summed E-state index contributed by atoms with van der Waals surface area (Å²) in [5.41, 5.74) is 8.87. The maximum absolute atomic E-state index is 14.0. The van der Waals surface area contributed by atoms with Crippen molar-refractivity contribution in [1.82, 2.24) is 20.5 Å². The molecule has 2 aromatic rings. The fourth-order valence-corrected chi connectivity index (χ4v) is 7.59. The number of carbonyl (C=O) groups excluding carboxylic acids is 2. The zero-order valence-corrected chi connectivity index (χ0v) is 31.1. The van der Waals surface area contributed by atoms with E-state index in [1.165, 1.54) is 11.1 Å². The van der Waals surface area contributed by atoms with Crippen molar-refractivity contribution < 1.29 is 14.3 Å². The molecule has 1 saturated heterocycles. The maximum atomic E-state index is 14.0. The van der Waals surface area contributed by atoms with Crippen molar-refractivity contribution in [3.8, 4) is 0 Å². The van der Waals surface area contributed by atoms with E-state index in [1.54, 1.807) is 0 Å². The quantitative estimate of drug-likeness (QED) is 0.218. The number of hydrazone groups is 1. The Morgan fingerprint density at radius 1 is 1.02 bits per heavy atom. The summed E-state index contributed by atoms with van der Waals surface area (Å²) in [5.74, 6) is 1.12. The van der Waals surface area contributed by atoms with Gasteiger partial charge in [-0.25, -0.2) is 9.59 Å². The maximum Gasteiger partial charge on any atom is 0.329 e. The second-order valence-electron chi connectivity index (χ2n) is 14.0. The van der Waals surface area contributed by atoms with Gasteiger partial charge in [0.05, 0.1) is 12.4 Å². The highest BCUT2D eigenvalue weighted by atomic mass is 16.5. The number of carbonyl (C=O) groups is 2. The minimum Gasteiger partial charge on any atom is -0.461 e. The standard InChI is InChI=1S/C40H52N6O3.C2H6/c1-4-30-23-31(22-28(2)25-41-42-26-30)24-38(39(47)49-36-16-14-33(15-17-36)32-10-6-5-7-11-32)43-29(3)45-20-18-35(19-21-45)46-27-34-12-8-9-13-37(34)44-40(46)48;1-2/h5-13,22-23,25,28,33,35-36,38,42-43H,3-4,14-21,24,26-27H2,1-2H3,(H,44,48);1-2H3/b30-23-,31-22+,41-25-;. The van der Waals surface area contributed by atoms with E-state index in [0.717, 1.165) is 80.7 Å². The van der Waals surface area contributed by atoms with Crippen LogP contribution >= 0.6 is 0 Å². The topological polar surface area (TPSA) is 98.3 Å². The van der Waals surface area contributed by atoms with Crippen LogP contribution in [0.15, 0.2) is 95.4 Å². The van der Waals surface area contributed by atoms with Gasteiger partial charge < -0.3 is 30.6 Å². The molecule has 6 rings (SSSR count). The zero-order chi connectivity index (χ0) is 36.2. The molecule has 9 heteroatoms. The van der Waals surface area contributed by atoms with Gasteiger partial charge in [0, 0.05) is 49.9 Å². The summed E-state index contributed by atoms with van der Waals surface area (Å²) in [6, 6.07) is 18.2. The second kappa shape index (κ2) is 18.6. The first-order valence-corrected chi connectivity index (χ1v) is 19.1. The van der Waals surface area contributed by atoms with E-state index >= 15 is 0 Å². The molecule has 274 valence electrons. The van der Waals surface area contributed by atoms with Gasteiger partial charge in [0.2, 0.25) is 0 Å². The minimum atomic E-state index is -0.583. The molecule has 51 heavy (non-hydrogen) atoms. The molecule has 3 aliphatic heterocycles. The number of esters is 1. The summed E-state index contributed by atoms with van der Waals surface area (Å²) < 4.78 is 6.27. The Balaban J connectivity index is 0.00000248. The molecule has 3 N–H and O–H groups in total. The summed E-state index contributed by atoms with van der Waals surface area (Å²) >= 11 is 0. The van der Waals surface area contributed by atoms with E-state index < -0.39 is 6.04 Å². The SMILES string of the molecule is C=C(NC(CC1=C/C(C)/C=N\NC/C(CC)=C\1)C(=O)OC1CCC(c2ccccc2)CC1)N1CCC(N2Cc3ccccc3NC2=O)CC1.CC. The number of hydrogen-bond acceptors (Lipinski definition) is 7. The number of anilines is 1. The molecule has 3 heterocycles. The van der Waals surface area contributed by atoms with Gasteiger partial charge in [0.25, 0.3) is 0 Å². The van der Waals surface area contributed by atoms with E-state index in [0.29, 0.717) is 25.4 Å². The largest absolute Gasteiger partial charge is 0.461 e. The van der Waals surface area contributed by atoms with Gasteiger partial charge >= 0.3 is 12.0 Å². The van der Waals surface area contributed by atoms with Crippen molar-refractivity contribution in [2.24, 2.45) is 11.0 Å². The number of nitrogens with zero attached hydrogens (tertiary/aromatic N) is 3. The van der Waals surface area contributed by atoms with Crippen molar-refractivity contribution in [3.05, 3.63) is 101 Å². The molecule has 9 nitrogen and oxygen atoms in total. The number of benzene rings is 2. The van der Waals surface area contributed by atoms with Crippen molar-refractivity contribution in [2.75, 3.05) is 25.0 Å². The van der Waals surface area contributed by atoms with Crippen LogP contribution in [0.25, 0.3) is 0 Å². The van der Waals surface area contributed by atoms with Crippen molar-refractivity contribution in [3.63, 3.8) is 0 Å². The van der Waals surface area contributed by atoms with Gasteiger partial charge in [-0.2, -0.15) is 5.10 Å². The highest BCUT2D eigenvalue weighted by Gasteiger charge is 2.33. The van der Waals surface area contributed by atoms with E-state index in [1.807, 2.05) is 43.2 Å². The number of hydrogen-bond donors (Lipinski definition) is 3. The van der Waals surface area contributed by atoms with Gasteiger partial charge in [-0.05, 0) is 79.2 Å². The van der Waals surface area contributed by atoms with E-state index in [9.17, 15) is 9.59 Å². The summed E-state index contributed by atoms with van der Waals surface area (Å²) in [4.78, 5) is 31.2. The average molecular weight is 695 g/mol. The molecule has 2 atom stereocenters. The third-order valence-electron chi connectivity index (χ3n) is 10.5. The molecule has 4 aliphatic rings. The molecule has 0 spiro atoms. The van der Waals surface area contributed by atoms with Crippen LogP contribution in [0.3, 0.4) is 0 Å². The number of nitrogens with one attached hydrogen (secondary N) is 3. The van der Waals surface area contributed by atoms with Crippen LogP contribution in [0.5, 0.6) is 0 Å². The normalized spacial score (nSPS) is 25.6. The molecular weight excluding hydrogens is 637 g/mol. The van der Waals surface area contributed by atoms with Gasteiger partial charge in [-0.15, -0.1) is 0 Å². The lowest BCUT2D eigenvalue weighted by molar-refractivity contribution is -0.153. The number of piperidine rings is 1. The van der Waals surface area contributed by atoms with Gasteiger partial charge in [-0.1, -0.05) is 95.0 Å². The van der Waals surface area contributed by atoms with E-state index in [4.69, 9.17) is 4.74 Å². The molecule has 2 unspecified atom stereocenters. The fourth-order valence-electron chi connectivity index (χ4n) is 7.59. The molecule has 2 aromatic carbocycles. The Bertz CT molecular complexity index is 1550. The molecular formula is C42H58N6O3. The highest BCUT2D eigenvalue weighted by molar-refractivity contribution is 5.92. The first-order valence-electron chi connectivity index (χ1n) is 19.1. The summed E-state index contributed by atoms with van der Waals surface area (Å²) in [5, 5.41) is 10.9. The monoisotopic (exact) mass is 694 g/mol. The first-order chi connectivity index (χ1) is 24.9. The number of likely N-dealkylation sites (tertiary alicyclic amines) is 1. The van der Waals surface area contributed by atoms with Gasteiger partial charge in [-0.3, -0.25) is 0 Å². The number of amides is 2. The Labute approximate surface area is 305 Å². The second-order valence-corrected chi connectivity index (χ2v) is 14.0. The zero-order valence-electron chi connectivity index (χ0n) is 31.1. The fraction of sp³-hybridized carbons (Fsp3) is 0.500. The third-order valence-corrected chi connectivity index (χ3v) is 10.5. The van der Waals surface area contributed by atoms with E-state index in [-0.39, 0.29) is 30.1 Å². The van der Waals surface area contributed by atoms with Crippen molar-refractivity contribution in [1.29, 1.82) is 0 Å². The molecule has 0 bridgehead atoms. The summed E-state index contributed by atoms with van der Waals surface area (Å²) in [7, 11) is 0. The van der Waals surface area contributed by atoms with Crippen molar-refractivity contribution >= 4 is 23.9 Å². The van der Waals surface area contributed by atoms with Crippen LogP contribution < -0.4 is 16.1 Å². The lowest BCUT2D eigenvalue weighted by Crippen LogP contribution is -2.51. The number of ether oxygens (including phenoxy) is 1. The molecule has 0 aromatic heterocycles. The Hall–Kier alpha value is -4.53. The first kappa shape index (κ1) is 37.7. The van der Waals surface area contributed by atoms with E-state index in [2.05, 4.69) is 95.0 Å². The van der Waals surface area contributed by atoms with Crippen LogP contribution in [-0.2, 0) is 16.1 Å². The number of para-hydroxylation sites is 1. The van der Waals surface area contributed by atoms with Crippen LogP contribution in [0.1, 0.15) is 96.1 Å². The van der Waals surface area contributed by atoms with Crippen LogP contribution in [0.4, 0.5) is 10.5 Å². The van der Waals surface area contributed by atoms with Crippen molar-refractivity contribution in [2.45, 2.75) is 110 Å². The molecule has 2 fully saturated rings. The molecule has 2 amide bonds. The van der Waals surface area contributed by atoms with Crippen LogP contribution in [0.2, 0.25) is 0 Å². The Kier molecular flexibility index (Phi) is 13.8. The number of rotatable bonds is 10. The number of fused-ring (bicyclic) bond motifs is 1. The number of urea groups is 1. The summed E-state index contributed by atoms with van der Waals surface area (Å²) in [6.07, 6.45) is 13.0. The van der Waals surface area contributed by atoms with Gasteiger partial charge in [0.1, 0.15) is 12.1 Å². The summed E-state index contributed by atoms with van der Waals surface area (Å²) in [6.45, 7) is 15.4. The average Bonchev–Trinajstić information content (AvgIpc) is 3.25. The smallest absolute Gasteiger partial charge is 0.329 e. The molecule has 1 aliphatic carbocycles. The lowest BCUT2D eigenvalue weighted by Gasteiger charge is -2.42. The minimum absolute atomic E-state index is 0.0352. The molecule has 1 saturated carbocycles. The van der Waals surface area contributed by atoms with Gasteiger partial charge in [0.15, 0.2) is 0 Å². The Morgan fingerprint density at radius 3 is 2.45 bits per heavy atom. The number of allylic oxidation sites excluding steroid dienone is 2. The highest BCUT2D eigenvalue weighted by Crippen LogP contribution is 2.34. The predicted octanol–water partition coefficient (Wildman–Crippen LogP) is 8.10. The Morgan fingerprint density at radius 2 is 1.73 bits per heavy atom. The predicted molar refractivity (Wildman–Crippen MR) is 207 cm³/mol. The molecule has 0 radical (unpaired) electrons. The third kappa shape index (κ3) is 10.3. The van der Waals surface area contributed by atoms with Crippen LogP contribution in [0, 0.1) is 5.92 Å². The van der Waals surface area contributed by atoms with Crippen LogP contribution in [-0.4, -0.2) is 65.8 Å². The lowest BCUT2D eigenvalue weighted by atomic mass is 9.83.